The Balaban J connectivity index is 2.40. The van der Waals surface area contributed by atoms with E-state index < -0.39 is 0 Å². The maximum absolute atomic E-state index is 2.51. The van der Waals surface area contributed by atoms with Crippen molar-refractivity contribution in [3.63, 3.8) is 0 Å². The molecule has 2 atom stereocenters. The van der Waals surface area contributed by atoms with Gasteiger partial charge in [-0.25, -0.2) is 0 Å². The molecule has 1 aliphatic carbocycles. The van der Waals surface area contributed by atoms with Gasteiger partial charge in [-0.2, -0.15) is 0 Å². The van der Waals surface area contributed by atoms with Crippen molar-refractivity contribution in [1.82, 2.24) is 0 Å². The number of unbranched alkanes of at least 4 members (excludes halogenated alkanes) is 1. The highest BCUT2D eigenvalue weighted by atomic mass is 14.2. The molecule has 0 aromatic carbocycles. The van der Waals surface area contributed by atoms with Crippen LogP contribution < -0.4 is 0 Å². The molecular formula is C12H22. The Morgan fingerprint density at radius 2 is 2.17 bits per heavy atom. The van der Waals surface area contributed by atoms with Crippen molar-refractivity contribution in [3.05, 3.63) is 11.6 Å². The van der Waals surface area contributed by atoms with Crippen molar-refractivity contribution >= 4 is 0 Å². The Bertz CT molecular complexity index is 155. The standard InChI is InChI=1S/C12H22/c1-4-5-6-12-8-10(2)7-11(3)9-12/h8,10-11H,4-7,9H2,1-3H3. The molecule has 0 saturated heterocycles. The largest absolute Gasteiger partial charge is 0.0825 e. The van der Waals surface area contributed by atoms with E-state index in [2.05, 4.69) is 26.8 Å². The first-order chi connectivity index (χ1) is 5.72. The van der Waals surface area contributed by atoms with Gasteiger partial charge in [0.15, 0.2) is 0 Å². The number of hydrogen-bond acceptors (Lipinski definition) is 0. The van der Waals surface area contributed by atoms with Gasteiger partial charge in [0, 0.05) is 0 Å². The van der Waals surface area contributed by atoms with E-state index in [0.717, 1.165) is 11.8 Å². The maximum Gasteiger partial charge on any atom is -0.0257 e. The van der Waals surface area contributed by atoms with Gasteiger partial charge in [-0.05, 0) is 37.5 Å². The zero-order valence-corrected chi connectivity index (χ0v) is 8.77. The summed E-state index contributed by atoms with van der Waals surface area (Å²) in [6.45, 7) is 7.01. The topological polar surface area (TPSA) is 0 Å². The Morgan fingerprint density at radius 1 is 1.42 bits per heavy atom. The van der Waals surface area contributed by atoms with Gasteiger partial charge in [0.05, 0.1) is 0 Å². The minimum atomic E-state index is 0.834. The zero-order chi connectivity index (χ0) is 8.97. The second-order valence-corrected chi connectivity index (χ2v) is 4.45. The molecule has 70 valence electrons. The average molecular weight is 166 g/mol. The Hall–Kier alpha value is -0.260. The minimum absolute atomic E-state index is 0.834. The Morgan fingerprint density at radius 3 is 2.75 bits per heavy atom. The third-order valence-electron chi connectivity index (χ3n) is 2.76. The van der Waals surface area contributed by atoms with E-state index in [0.29, 0.717) is 0 Å². The van der Waals surface area contributed by atoms with Crippen LogP contribution >= 0.6 is 0 Å². The highest BCUT2D eigenvalue weighted by Crippen LogP contribution is 2.29. The van der Waals surface area contributed by atoms with Crippen LogP contribution in [0.4, 0.5) is 0 Å². The van der Waals surface area contributed by atoms with Crippen LogP contribution in [-0.2, 0) is 0 Å². The quantitative estimate of drug-likeness (QED) is 0.552. The van der Waals surface area contributed by atoms with Gasteiger partial charge >= 0.3 is 0 Å². The van der Waals surface area contributed by atoms with Crippen LogP contribution in [0.2, 0.25) is 0 Å². The monoisotopic (exact) mass is 166 g/mol. The maximum atomic E-state index is 2.51. The lowest BCUT2D eigenvalue weighted by Gasteiger charge is -2.23. The number of hydrogen-bond donors (Lipinski definition) is 0. The van der Waals surface area contributed by atoms with E-state index in [9.17, 15) is 0 Å². The summed E-state index contributed by atoms with van der Waals surface area (Å²) in [6.07, 6.45) is 9.34. The van der Waals surface area contributed by atoms with E-state index in [-0.39, 0.29) is 0 Å². The second-order valence-electron chi connectivity index (χ2n) is 4.45. The molecule has 12 heavy (non-hydrogen) atoms. The summed E-state index contributed by atoms with van der Waals surface area (Å²) in [7, 11) is 0. The fourth-order valence-corrected chi connectivity index (χ4v) is 2.29. The summed E-state index contributed by atoms with van der Waals surface area (Å²) in [6, 6.07) is 0. The molecule has 1 rings (SSSR count). The Labute approximate surface area is 77.1 Å². The molecule has 0 N–H and O–H groups in total. The van der Waals surface area contributed by atoms with Gasteiger partial charge in [-0.1, -0.05) is 38.8 Å². The van der Waals surface area contributed by atoms with Crippen LogP contribution in [0, 0.1) is 11.8 Å². The molecule has 0 aliphatic heterocycles. The lowest BCUT2D eigenvalue weighted by Crippen LogP contribution is -2.09. The lowest BCUT2D eigenvalue weighted by atomic mass is 9.83. The fourth-order valence-electron chi connectivity index (χ4n) is 2.29. The molecule has 0 spiro atoms. The van der Waals surface area contributed by atoms with Gasteiger partial charge in [-0.15, -0.1) is 0 Å². The molecule has 0 aromatic rings. The predicted octanol–water partition coefficient (Wildman–Crippen LogP) is 4.17. The van der Waals surface area contributed by atoms with E-state index in [1.807, 2.05) is 0 Å². The second kappa shape index (κ2) is 4.69. The average Bonchev–Trinajstić information content (AvgIpc) is 1.99. The Kier molecular flexibility index (Phi) is 3.84. The van der Waals surface area contributed by atoms with Crippen molar-refractivity contribution in [2.75, 3.05) is 0 Å². The van der Waals surface area contributed by atoms with Crippen LogP contribution in [0.1, 0.15) is 52.9 Å². The molecule has 0 bridgehead atoms. The molecule has 0 fully saturated rings. The third-order valence-corrected chi connectivity index (χ3v) is 2.76. The molecule has 0 heterocycles. The van der Waals surface area contributed by atoms with Gasteiger partial charge in [0.25, 0.3) is 0 Å². The SMILES string of the molecule is CCCCC1=CC(C)CC(C)C1. The van der Waals surface area contributed by atoms with Crippen LogP contribution in [0.3, 0.4) is 0 Å². The predicted molar refractivity (Wildman–Crippen MR) is 55.2 cm³/mol. The molecule has 0 saturated carbocycles. The van der Waals surface area contributed by atoms with Crippen LogP contribution in [0.5, 0.6) is 0 Å². The zero-order valence-electron chi connectivity index (χ0n) is 8.77. The highest BCUT2D eigenvalue weighted by Gasteiger charge is 2.15. The van der Waals surface area contributed by atoms with Crippen molar-refractivity contribution in [2.45, 2.75) is 52.9 Å². The lowest BCUT2D eigenvalue weighted by molar-refractivity contribution is 0.426. The van der Waals surface area contributed by atoms with Crippen molar-refractivity contribution in [3.8, 4) is 0 Å². The van der Waals surface area contributed by atoms with Gasteiger partial charge in [0.2, 0.25) is 0 Å². The number of rotatable bonds is 3. The summed E-state index contributed by atoms with van der Waals surface area (Å²) in [5.74, 6) is 1.76. The van der Waals surface area contributed by atoms with E-state index in [4.69, 9.17) is 0 Å². The molecule has 0 aromatic heterocycles. The summed E-state index contributed by atoms with van der Waals surface area (Å²) >= 11 is 0. The van der Waals surface area contributed by atoms with Crippen LogP contribution in [0.25, 0.3) is 0 Å². The summed E-state index contributed by atoms with van der Waals surface area (Å²) in [5.41, 5.74) is 1.73. The minimum Gasteiger partial charge on any atom is -0.0825 e. The third kappa shape index (κ3) is 3.00. The van der Waals surface area contributed by atoms with E-state index in [1.165, 1.54) is 32.1 Å². The molecular weight excluding hydrogens is 144 g/mol. The van der Waals surface area contributed by atoms with Crippen molar-refractivity contribution in [1.29, 1.82) is 0 Å². The van der Waals surface area contributed by atoms with Gasteiger partial charge in [-0.3, -0.25) is 0 Å². The summed E-state index contributed by atoms with van der Waals surface area (Å²) in [5, 5.41) is 0. The van der Waals surface area contributed by atoms with E-state index >= 15 is 0 Å². The molecule has 0 radical (unpaired) electrons. The molecule has 0 amide bonds. The van der Waals surface area contributed by atoms with Gasteiger partial charge < -0.3 is 0 Å². The van der Waals surface area contributed by atoms with Crippen LogP contribution in [0.15, 0.2) is 11.6 Å². The van der Waals surface area contributed by atoms with E-state index in [1.54, 1.807) is 5.57 Å². The van der Waals surface area contributed by atoms with Crippen molar-refractivity contribution < 1.29 is 0 Å². The summed E-state index contributed by atoms with van der Waals surface area (Å²) < 4.78 is 0. The molecule has 0 nitrogen and oxygen atoms in total. The highest BCUT2D eigenvalue weighted by molar-refractivity contribution is 5.08. The first-order valence-electron chi connectivity index (χ1n) is 5.42. The summed E-state index contributed by atoms with van der Waals surface area (Å²) in [4.78, 5) is 0. The van der Waals surface area contributed by atoms with Crippen molar-refractivity contribution in [2.24, 2.45) is 11.8 Å². The normalized spacial score (nSPS) is 30.1. The number of allylic oxidation sites excluding steroid dienone is 2. The molecule has 1 aliphatic rings. The smallest absolute Gasteiger partial charge is 0.0257 e. The first-order valence-corrected chi connectivity index (χ1v) is 5.42. The fraction of sp³-hybridized carbons (Fsp3) is 0.833. The van der Waals surface area contributed by atoms with Gasteiger partial charge in [0.1, 0.15) is 0 Å². The molecule has 2 unspecified atom stereocenters. The molecule has 0 heteroatoms. The first kappa shape index (κ1) is 9.83. The van der Waals surface area contributed by atoms with Crippen LogP contribution in [-0.4, -0.2) is 0 Å².